The fourth-order valence-electron chi connectivity index (χ4n) is 1.93. The molecule has 0 radical (unpaired) electrons. The lowest BCUT2D eigenvalue weighted by atomic mass is 10.2. The number of benzene rings is 2. The van der Waals surface area contributed by atoms with Gasteiger partial charge in [-0.2, -0.15) is 5.10 Å². The molecule has 0 fully saturated rings. The average molecular weight is 398 g/mol. The van der Waals surface area contributed by atoms with Crippen LogP contribution in [0.3, 0.4) is 0 Å². The SMILES string of the molecule is CNC(=S)N/N=C/c1ccc(OCc2c(Cl)cccc2Cl)c(OC)c1. The van der Waals surface area contributed by atoms with E-state index in [-0.39, 0.29) is 6.61 Å². The van der Waals surface area contributed by atoms with Crippen LogP contribution in [-0.4, -0.2) is 25.5 Å². The molecule has 0 amide bonds. The Hall–Kier alpha value is -2.02. The Labute approximate surface area is 161 Å². The normalized spacial score (nSPS) is 10.6. The second kappa shape index (κ2) is 9.46. The van der Waals surface area contributed by atoms with Crippen LogP contribution in [-0.2, 0) is 6.61 Å². The fraction of sp³-hybridized carbons (Fsp3) is 0.176. The van der Waals surface area contributed by atoms with Crippen molar-refractivity contribution in [2.45, 2.75) is 6.61 Å². The molecule has 0 saturated heterocycles. The Morgan fingerprint density at radius 1 is 1.20 bits per heavy atom. The number of ether oxygens (including phenoxy) is 2. The zero-order valence-electron chi connectivity index (χ0n) is 13.7. The molecule has 2 rings (SSSR count). The zero-order chi connectivity index (χ0) is 18.2. The van der Waals surface area contributed by atoms with Gasteiger partial charge < -0.3 is 14.8 Å². The van der Waals surface area contributed by atoms with E-state index in [2.05, 4.69) is 15.8 Å². The molecule has 0 aliphatic carbocycles. The van der Waals surface area contributed by atoms with Crippen LogP contribution in [0.5, 0.6) is 11.5 Å². The lowest BCUT2D eigenvalue weighted by molar-refractivity contribution is 0.284. The number of nitrogens with one attached hydrogen (secondary N) is 2. The maximum Gasteiger partial charge on any atom is 0.186 e. The third-order valence-corrected chi connectivity index (χ3v) is 4.23. The van der Waals surface area contributed by atoms with Gasteiger partial charge in [0.2, 0.25) is 0 Å². The largest absolute Gasteiger partial charge is 0.493 e. The summed E-state index contributed by atoms with van der Waals surface area (Å²) in [5, 5.41) is 8.33. The molecule has 2 aromatic carbocycles. The van der Waals surface area contributed by atoms with Crippen molar-refractivity contribution < 1.29 is 9.47 Å². The van der Waals surface area contributed by atoms with E-state index in [4.69, 9.17) is 44.9 Å². The van der Waals surface area contributed by atoms with E-state index >= 15 is 0 Å². The smallest absolute Gasteiger partial charge is 0.186 e. The summed E-state index contributed by atoms with van der Waals surface area (Å²) in [5.41, 5.74) is 4.23. The standard InChI is InChI=1S/C17H17Cl2N3O2S/c1-20-17(25)22-21-9-11-6-7-15(16(8-11)23-2)24-10-12-13(18)4-3-5-14(12)19/h3-9H,10H2,1-2H3,(H2,20,22,25)/b21-9+. The maximum absolute atomic E-state index is 6.15. The van der Waals surface area contributed by atoms with Crippen molar-refractivity contribution in [3.8, 4) is 11.5 Å². The van der Waals surface area contributed by atoms with Crippen molar-refractivity contribution in [2.24, 2.45) is 5.10 Å². The third-order valence-electron chi connectivity index (χ3n) is 3.23. The Kier molecular flexibility index (Phi) is 7.31. The van der Waals surface area contributed by atoms with Gasteiger partial charge in [0.1, 0.15) is 6.61 Å². The van der Waals surface area contributed by atoms with E-state index in [1.54, 1.807) is 50.7 Å². The Balaban J connectivity index is 2.10. The van der Waals surface area contributed by atoms with Crippen LogP contribution in [0.15, 0.2) is 41.5 Å². The molecule has 0 saturated carbocycles. The second-order valence-corrected chi connectivity index (χ2v) is 6.07. The molecule has 132 valence electrons. The van der Waals surface area contributed by atoms with Gasteiger partial charge >= 0.3 is 0 Å². The van der Waals surface area contributed by atoms with Crippen molar-refractivity contribution in [2.75, 3.05) is 14.2 Å². The maximum atomic E-state index is 6.15. The molecule has 0 aliphatic heterocycles. The van der Waals surface area contributed by atoms with Crippen LogP contribution in [0.1, 0.15) is 11.1 Å². The predicted molar refractivity (Wildman–Crippen MR) is 106 cm³/mol. The minimum absolute atomic E-state index is 0.236. The quantitative estimate of drug-likeness (QED) is 0.438. The lowest BCUT2D eigenvalue weighted by Crippen LogP contribution is -2.28. The van der Waals surface area contributed by atoms with Gasteiger partial charge in [-0.1, -0.05) is 29.3 Å². The molecule has 0 aliphatic rings. The van der Waals surface area contributed by atoms with Gasteiger partial charge in [-0.3, -0.25) is 5.43 Å². The number of hydrazone groups is 1. The monoisotopic (exact) mass is 397 g/mol. The molecule has 0 aromatic heterocycles. The summed E-state index contributed by atoms with van der Waals surface area (Å²) in [6, 6.07) is 10.8. The fourth-order valence-corrected chi connectivity index (χ4v) is 2.48. The second-order valence-electron chi connectivity index (χ2n) is 4.85. The van der Waals surface area contributed by atoms with Crippen LogP contribution in [0.25, 0.3) is 0 Å². The van der Waals surface area contributed by atoms with Gasteiger partial charge in [0.15, 0.2) is 16.6 Å². The highest BCUT2D eigenvalue weighted by Gasteiger charge is 2.09. The first kappa shape index (κ1) is 19.3. The van der Waals surface area contributed by atoms with Crippen molar-refractivity contribution in [1.82, 2.24) is 10.7 Å². The topological polar surface area (TPSA) is 54.9 Å². The summed E-state index contributed by atoms with van der Waals surface area (Å²) in [4.78, 5) is 0. The molecule has 2 N–H and O–H groups in total. The van der Waals surface area contributed by atoms with Crippen LogP contribution in [0, 0.1) is 0 Å². The van der Waals surface area contributed by atoms with Crippen molar-refractivity contribution in [3.05, 3.63) is 57.6 Å². The molecule has 25 heavy (non-hydrogen) atoms. The highest BCUT2D eigenvalue weighted by molar-refractivity contribution is 7.80. The summed E-state index contributed by atoms with van der Waals surface area (Å²) in [6.45, 7) is 0.236. The number of rotatable bonds is 6. The highest BCUT2D eigenvalue weighted by atomic mass is 35.5. The minimum Gasteiger partial charge on any atom is -0.493 e. The van der Waals surface area contributed by atoms with Gasteiger partial charge in [0, 0.05) is 22.7 Å². The van der Waals surface area contributed by atoms with Crippen LogP contribution >= 0.6 is 35.4 Å². The average Bonchev–Trinajstić information content (AvgIpc) is 2.61. The molecule has 8 heteroatoms. The lowest BCUT2D eigenvalue weighted by Gasteiger charge is -2.13. The predicted octanol–water partition coefficient (Wildman–Crippen LogP) is 4.01. The number of hydrogen-bond donors (Lipinski definition) is 2. The van der Waals surface area contributed by atoms with Crippen molar-refractivity contribution in [1.29, 1.82) is 0 Å². The summed E-state index contributed by atoms with van der Waals surface area (Å²) < 4.78 is 11.2. The number of nitrogens with zero attached hydrogens (tertiary/aromatic N) is 1. The summed E-state index contributed by atoms with van der Waals surface area (Å²) in [6.07, 6.45) is 1.63. The first-order valence-electron chi connectivity index (χ1n) is 7.29. The van der Waals surface area contributed by atoms with Crippen LogP contribution in [0.2, 0.25) is 10.0 Å². The van der Waals surface area contributed by atoms with Crippen molar-refractivity contribution >= 4 is 46.7 Å². The van der Waals surface area contributed by atoms with E-state index < -0.39 is 0 Å². The molecule has 0 bridgehead atoms. The number of halogens is 2. The number of thiocarbonyl (C=S) groups is 1. The zero-order valence-corrected chi connectivity index (χ0v) is 16.0. The Morgan fingerprint density at radius 2 is 1.92 bits per heavy atom. The number of hydrogen-bond acceptors (Lipinski definition) is 4. The van der Waals surface area contributed by atoms with Gasteiger partial charge in [-0.25, -0.2) is 0 Å². The first-order valence-corrected chi connectivity index (χ1v) is 8.46. The molecule has 0 heterocycles. The molecular formula is C17H17Cl2N3O2S. The molecule has 2 aromatic rings. The van der Waals surface area contributed by atoms with Crippen LogP contribution < -0.4 is 20.2 Å². The number of methoxy groups -OCH3 is 1. The van der Waals surface area contributed by atoms with Gasteiger partial charge in [-0.05, 0) is 48.1 Å². The van der Waals surface area contributed by atoms with E-state index in [0.29, 0.717) is 26.7 Å². The Morgan fingerprint density at radius 3 is 2.56 bits per heavy atom. The minimum atomic E-state index is 0.236. The van der Waals surface area contributed by atoms with E-state index in [9.17, 15) is 0 Å². The molecule has 0 unspecified atom stereocenters. The Bertz CT molecular complexity index is 764. The summed E-state index contributed by atoms with van der Waals surface area (Å²) >= 11 is 17.2. The third kappa shape index (κ3) is 5.49. The summed E-state index contributed by atoms with van der Waals surface area (Å²) in [5.74, 6) is 1.15. The highest BCUT2D eigenvalue weighted by Crippen LogP contribution is 2.31. The molecule has 0 atom stereocenters. The van der Waals surface area contributed by atoms with Gasteiger partial charge in [0.05, 0.1) is 13.3 Å². The molecule has 5 nitrogen and oxygen atoms in total. The molecule has 0 spiro atoms. The van der Waals surface area contributed by atoms with E-state index in [1.807, 2.05) is 6.07 Å². The van der Waals surface area contributed by atoms with Gasteiger partial charge in [-0.15, -0.1) is 0 Å². The van der Waals surface area contributed by atoms with Crippen molar-refractivity contribution in [3.63, 3.8) is 0 Å². The van der Waals surface area contributed by atoms with Crippen LogP contribution in [0.4, 0.5) is 0 Å². The first-order chi connectivity index (χ1) is 12.0. The van der Waals surface area contributed by atoms with E-state index in [0.717, 1.165) is 11.1 Å². The summed E-state index contributed by atoms with van der Waals surface area (Å²) in [7, 11) is 3.28. The van der Waals surface area contributed by atoms with Gasteiger partial charge in [0.25, 0.3) is 0 Å². The molecular weight excluding hydrogens is 381 g/mol. The van der Waals surface area contributed by atoms with E-state index in [1.165, 1.54) is 0 Å².